The molecule has 0 saturated carbocycles. The van der Waals surface area contributed by atoms with Gasteiger partial charge in [0, 0.05) is 10.8 Å². The third-order valence-electron chi connectivity index (χ3n) is 9.94. The van der Waals surface area contributed by atoms with E-state index in [0.29, 0.717) is 0 Å². The molecule has 0 saturated heterocycles. The molecule has 0 N–H and O–H groups in total. The van der Waals surface area contributed by atoms with E-state index in [1.807, 2.05) is 0 Å². The molecule has 0 atom stereocenters. The quantitative estimate of drug-likeness (QED) is 0.210. The SMILES string of the molecule is CC1(C)c2ccccc2-c2ccc(-c3ccc(-c4ccc(-c5ccc6c(c5)C(C)(C)c5ccccc5-6)cc4)cc3)cc21. The lowest BCUT2D eigenvalue weighted by atomic mass is 9.81. The Hall–Kier alpha value is -4.68. The van der Waals surface area contributed by atoms with Gasteiger partial charge in [0.2, 0.25) is 0 Å². The van der Waals surface area contributed by atoms with E-state index in [1.165, 1.54) is 77.9 Å². The Bertz CT molecular complexity index is 1850. The first-order valence-electron chi connectivity index (χ1n) is 15.0. The minimum atomic E-state index is 0.0161. The van der Waals surface area contributed by atoms with Gasteiger partial charge in [-0.15, -0.1) is 0 Å². The molecule has 2 aliphatic rings. The van der Waals surface area contributed by atoms with Crippen LogP contribution < -0.4 is 0 Å². The van der Waals surface area contributed by atoms with E-state index in [4.69, 9.17) is 0 Å². The van der Waals surface area contributed by atoms with Gasteiger partial charge in [-0.25, -0.2) is 0 Å². The van der Waals surface area contributed by atoms with Crippen molar-refractivity contribution in [3.05, 3.63) is 156 Å². The predicted octanol–water partition coefficient (Wildman–Crippen LogP) is 11.3. The molecule has 0 unspecified atom stereocenters. The zero-order valence-electron chi connectivity index (χ0n) is 24.7. The summed E-state index contributed by atoms with van der Waals surface area (Å²) in [5.74, 6) is 0. The smallest absolute Gasteiger partial charge is 0.0159 e. The fraction of sp³-hybridized carbons (Fsp3) is 0.143. The van der Waals surface area contributed by atoms with Gasteiger partial charge in [0.1, 0.15) is 0 Å². The second-order valence-electron chi connectivity index (χ2n) is 13.0. The lowest BCUT2D eigenvalue weighted by Crippen LogP contribution is -2.14. The van der Waals surface area contributed by atoms with Crippen molar-refractivity contribution in [3.8, 4) is 55.6 Å². The second-order valence-corrected chi connectivity index (χ2v) is 13.0. The maximum Gasteiger partial charge on any atom is 0.0159 e. The molecule has 8 rings (SSSR count). The molecular weight excluding hydrogens is 504 g/mol. The fourth-order valence-corrected chi connectivity index (χ4v) is 7.48. The van der Waals surface area contributed by atoms with Crippen molar-refractivity contribution in [1.29, 1.82) is 0 Å². The van der Waals surface area contributed by atoms with Crippen LogP contribution in [0.5, 0.6) is 0 Å². The summed E-state index contributed by atoms with van der Waals surface area (Å²) in [5.41, 5.74) is 18.7. The molecule has 6 aromatic carbocycles. The van der Waals surface area contributed by atoms with Crippen LogP contribution in [0.3, 0.4) is 0 Å². The third kappa shape index (κ3) is 3.61. The van der Waals surface area contributed by atoms with Crippen LogP contribution in [-0.2, 0) is 10.8 Å². The molecule has 0 bridgehead atoms. The molecule has 0 amide bonds. The van der Waals surface area contributed by atoms with E-state index in [0.717, 1.165) is 0 Å². The average molecular weight is 539 g/mol. The van der Waals surface area contributed by atoms with E-state index in [2.05, 4.69) is 161 Å². The molecule has 0 radical (unpaired) electrons. The van der Waals surface area contributed by atoms with Gasteiger partial charge in [0.25, 0.3) is 0 Å². The summed E-state index contributed by atoms with van der Waals surface area (Å²) in [6, 6.07) is 49.7. The Morgan fingerprint density at radius 2 is 0.571 bits per heavy atom. The Morgan fingerprint density at radius 1 is 0.286 bits per heavy atom. The second kappa shape index (κ2) is 8.91. The van der Waals surface area contributed by atoms with Crippen molar-refractivity contribution in [2.45, 2.75) is 38.5 Å². The maximum absolute atomic E-state index is 2.40. The Kier molecular flexibility index (Phi) is 5.32. The summed E-state index contributed by atoms with van der Waals surface area (Å²) in [6.07, 6.45) is 0. The summed E-state index contributed by atoms with van der Waals surface area (Å²) in [4.78, 5) is 0. The van der Waals surface area contributed by atoms with E-state index in [1.54, 1.807) is 0 Å². The molecule has 6 aromatic rings. The van der Waals surface area contributed by atoms with Gasteiger partial charge >= 0.3 is 0 Å². The summed E-state index contributed by atoms with van der Waals surface area (Å²) >= 11 is 0. The summed E-state index contributed by atoms with van der Waals surface area (Å²) in [7, 11) is 0. The lowest BCUT2D eigenvalue weighted by Gasteiger charge is -2.22. The highest BCUT2D eigenvalue weighted by Crippen LogP contribution is 2.50. The Morgan fingerprint density at radius 3 is 0.952 bits per heavy atom. The minimum absolute atomic E-state index is 0.0161. The van der Waals surface area contributed by atoms with Gasteiger partial charge in [0.05, 0.1) is 0 Å². The molecule has 2 aliphatic carbocycles. The van der Waals surface area contributed by atoms with E-state index < -0.39 is 0 Å². The standard InChI is InChI=1S/C42H34/c1-41(2)37-11-7-5-9-33(37)35-23-21-31(25-39(35)41)29-17-13-27(14-18-29)28-15-19-30(20-16-28)32-22-24-36-34-10-6-8-12-38(34)42(3,4)40(36)26-32/h5-26H,1-4H3. The Balaban J connectivity index is 1.06. The highest BCUT2D eigenvalue weighted by molar-refractivity contribution is 5.85. The van der Waals surface area contributed by atoms with Crippen LogP contribution >= 0.6 is 0 Å². The first-order chi connectivity index (χ1) is 20.3. The highest BCUT2D eigenvalue weighted by atomic mass is 14.4. The zero-order valence-corrected chi connectivity index (χ0v) is 24.7. The number of rotatable bonds is 3. The summed E-state index contributed by atoms with van der Waals surface area (Å²) in [6.45, 7) is 9.38. The molecule has 0 heteroatoms. The van der Waals surface area contributed by atoms with Crippen LogP contribution in [0.4, 0.5) is 0 Å². The van der Waals surface area contributed by atoms with Crippen molar-refractivity contribution in [2.75, 3.05) is 0 Å². The van der Waals surface area contributed by atoms with Crippen LogP contribution in [0.25, 0.3) is 55.6 Å². The molecule has 0 spiro atoms. The van der Waals surface area contributed by atoms with Crippen LogP contribution in [0.2, 0.25) is 0 Å². The first-order valence-corrected chi connectivity index (χ1v) is 15.0. The maximum atomic E-state index is 2.40. The molecular formula is C42H34. The van der Waals surface area contributed by atoms with Crippen molar-refractivity contribution in [3.63, 3.8) is 0 Å². The van der Waals surface area contributed by atoms with Crippen molar-refractivity contribution < 1.29 is 0 Å². The van der Waals surface area contributed by atoms with Gasteiger partial charge < -0.3 is 0 Å². The van der Waals surface area contributed by atoms with Gasteiger partial charge in [-0.05, 0) is 90.0 Å². The first kappa shape index (κ1) is 25.1. The van der Waals surface area contributed by atoms with Crippen LogP contribution in [-0.4, -0.2) is 0 Å². The Labute approximate surface area is 249 Å². The summed E-state index contributed by atoms with van der Waals surface area (Å²) in [5, 5.41) is 0. The normalized spacial score (nSPS) is 15.0. The highest BCUT2D eigenvalue weighted by Gasteiger charge is 2.36. The van der Waals surface area contributed by atoms with Crippen LogP contribution in [0, 0.1) is 0 Å². The number of hydrogen-bond acceptors (Lipinski definition) is 0. The largest absolute Gasteiger partial charge is 0.0619 e. The number of fused-ring (bicyclic) bond motifs is 6. The average Bonchev–Trinajstić information content (AvgIpc) is 3.40. The van der Waals surface area contributed by atoms with Crippen molar-refractivity contribution in [2.24, 2.45) is 0 Å². The zero-order chi connectivity index (χ0) is 28.6. The van der Waals surface area contributed by atoms with E-state index in [-0.39, 0.29) is 10.8 Å². The third-order valence-corrected chi connectivity index (χ3v) is 9.94. The molecule has 42 heavy (non-hydrogen) atoms. The van der Waals surface area contributed by atoms with Crippen LogP contribution in [0.1, 0.15) is 49.9 Å². The fourth-order valence-electron chi connectivity index (χ4n) is 7.48. The molecule has 0 heterocycles. The van der Waals surface area contributed by atoms with E-state index >= 15 is 0 Å². The van der Waals surface area contributed by atoms with E-state index in [9.17, 15) is 0 Å². The number of hydrogen-bond donors (Lipinski definition) is 0. The number of benzene rings is 6. The van der Waals surface area contributed by atoms with Crippen LogP contribution in [0.15, 0.2) is 133 Å². The van der Waals surface area contributed by atoms with Crippen molar-refractivity contribution >= 4 is 0 Å². The van der Waals surface area contributed by atoms with Gasteiger partial charge in [-0.3, -0.25) is 0 Å². The summed E-state index contributed by atoms with van der Waals surface area (Å²) < 4.78 is 0. The topological polar surface area (TPSA) is 0 Å². The van der Waals surface area contributed by atoms with Gasteiger partial charge in [-0.1, -0.05) is 149 Å². The molecule has 0 fully saturated rings. The molecule has 0 aliphatic heterocycles. The molecule has 202 valence electrons. The molecule has 0 nitrogen and oxygen atoms in total. The lowest BCUT2D eigenvalue weighted by molar-refractivity contribution is 0.660. The van der Waals surface area contributed by atoms with Gasteiger partial charge in [-0.2, -0.15) is 0 Å². The van der Waals surface area contributed by atoms with Crippen molar-refractivity contribution in [1.82, 2.24) is 0 Å². The monoisotopic (exact) mass is 538 g/mol. The van der Waals surface area contributed by atoms with Gasteiger partial charge in [0.15, 0.2) is 0 Å². The predicted molar refractivity (Wildman–Crippen MR) is 178 cm³/mol. The minimum Gasteiger partial charge on any atom is -0.0619 e. The molecule has 0 aromatic heterocycles.